The molecule has 1 aliphatic rings. The van der Waals surface area contributed by atoms with Crippen molar-refractivity contribution in [2.45, 2.75) is 45.4 Å². The minimum Gasteiger partial charge on any atom is -0.372 e. The van der Waals surface area contributed by atoms with Gasteiger partial charge >= 0.3 is 0 Å². The average molecular weight is 330 g/mol. The Bertz CT molecular complexity index is 444. The van der Waals surface area contributed by atoms with Gasteiger partial charge < -0.3 is 4.74 Å². The van der Waals surface area contributed by atoms with Crippen LogP contribution in [0.25, 0.3) is 0 Å². The van der Waals surface area contributed by atoms with Crippen LogP contribution in [0.15, 0.2) is 22.7 Å². The molecule has 1 atom stereocenters. The first kappa shape index (κ1) is 14.9. The molecule has 2 rings (SSSR count). The molecular weight excluding hydrogens is 309 g/mol. The summed E-state index contributed by atoms with van der Waals surface area (Å²) in [6.45, 7) is 9.14. The van der Waals surface area contributed by atoms with E-state index in [1.165, 1.54) is 12.1 Å². The van der Waals surface area contributed by atoms with Gasteiger partial charge in [0, 0.05) is 23.1 Å². The molecule has 0 saturated carbocycles. The molecule has 106 valence electrons. The van der Waals surface area contributed by atoms with E-state index in [4.69, 9.17) is 4.74 Å². The van der Waals surface area contributed by atoms with Crippen molar-refractivity contribution in [1.29, 1.82) is 0 Å². The fraction of sp³-hybridized carbons (Fsp3) is 0.600. The van der Waals surface area contributed by atoms with Crippen LogP contribution >= 0.6 is 15.9 Å². The molecule has 0 N–H and O–H groups in total. The van der Waals surface area contributed by atoms with Crippen LogP contribution in [0.4, 0.5) is 4.39 Å². The van der Waals surface area contributed by atoms with Crippen LogP contribution < -0.4 is 0 Å². The van der Waals surface area contributed by atoms with E-state index in [-0.39, 0.29) is 17.5 Å². The topological polar surface area (TPSA) is 12.5 Å². The molecule has 1 aromatic carbocycles. The van der Waals surface area contributed by atoms with Gasteiger partial charge in [-0.3, -0.25) is 4.90 Å². The van der Waals surface area contributed by atoms with Crippen LogP contribution in [0.2, 0.25) is 0 Å². The Morgan fingerprint density at radius 2 is 2.16 bits per heavy atom. The van der Waals surface area contributed by atoms with Crippen LogP contribution in [-0.4, -0.2) is 29.6 Å². The molecule has 1 aromatic rings. The van der Waals surface area contributed by atoms with Crippen molar-refractivity contribution < 1.29 is 9.13 Å². The van der Waals surface area contributed by atoms with Crippen LogP contribution in [-0.2, 0) is 11.3 Å². The van der Waals surface area contributed by atoms with Gasteiger partial charge in [-0.25, -0.2) is 4.39 Å². The Balaban J connectivity index is 1.89. The third-order valence-electron chi connectivity index (χ3n) is 3.58. The summed E-state index contributed by atoms with van der Waals surface area (Å²) < 4.78 is 20.0. The Hall–Kier alpha value is -0.450. The van der Waals surface area contributed by atoms with Crippen LogP contribution in [0.1, 0.15) is 32.8 Å². The summed E-state index contributed by atoms with van der Waals surface area (Å²) in [4.78, 5) is 2.43. The largest absolute Gasteiger partial charge is 0.372 e. The Kier molecular flexibility index (Phi) is 4.64. The van der Waals surface area contributed by atoms with E-state index in [0.717, 1.165) is 29.5 Å². The van der Waals surface area contributed by atoms with Crippen LogP contribution in [0, 0.1) is 5.82 Å². The minimum atomic E-state index is -0.218. The highest BCUT2D eigenvalue weighted by atomic mass is 79.9. The lowest BCUT2D eigenvalue weighted by Crippen LogP contribution is -2.40. The number of hydrogen-bond acceptors (Lipinski definition) is 2. The maximum atomic E-state index is 13.2. The zero-order valence-electron chi connectivity index (χ0n) is 11.7. The molecule has 0 aromatic heterocycles. The zero-order valence-corrected chi connectivity index (χ0v) is 13.3. The van der Waals surface area contributed by atoms with Gasteiger partial charge in [-0.1, -0.05) is 15.9 Å². The molecule has 0 radical (unpaired) electrons. The lowest BCUT2D eigenvalue weighted by molar-refractivity contribution is 0.0375. The van der Waals surface area contributed by atoms with Crippen molar-refractivity contribution in [1.82, 2.24) is 4.90 Å². The Labute approximate surface area is 123 Å². The molecule has 1 heterocycles. The summed E-state index contributed by atoms with van der Waals surface area (Å²) >= 11 is 3.43. The normalized spacial score (nSPS) is 21.0. The molecule has 0 bridgehead atoms. The highest BCUT2D eigenvalue weighted by molar-refractivity contribution is 9.10. The molecule has 19 heavy (non-hydrogen) atoms. The van der Waals surface area contributed by atoms with Gasteiger partial charge in [0.25, 0.3) is 0 Å². The van der Waals surface area contributed by atoms with Gasteiger partial charge in [0.2, 0.25) is 0 Å². The highest BCUT2D eigenvalue weighted by Gasteiger charge is 2.30. The number of benzene rings is 1. The van der Waals surface area contributed by atoms with E-state index in [1.54, 1.807) is 6.07 Å². The predicted molar refractivity (Wildman–Crippen MR) is 78.6 cm³/mol. The molecule has 0 unspecified atom stereocenters. The summed E-state index contributed by atoms with van der Waals surface area (Å²) in [6.07, 6.45) is 1.29. The Morgan fingerprint density at radius 3 is 2.79 bits per heavy atom. The highest BCUT2D eigenvalue weighted by Crippen LogP contribution is 2.24. The van der Waals surface area contributed by atoms with Crippen molar-refractivity contribution in [2.75, 3.05) is 13.1 Å². The second kappa shape index (κ2) is 5.90. The van der Waals surface area contributed by atoms with Crippen molar-refractivity contribution in [3.05, 3.63) is 34.1 Å². The molecule has 1 fully saturated rings. The summed E-state index contributed by atoms with van der Waals surface area (Å²) in [5.74, 6) is -0.218. The van der Waals surface area contributed by atoms with Crippen molar-refractivity contribution in [3.8, 4) is 0 Å². The van der Waals surface area contributed by atoms with Gasteiger partial charge in [0.15, 0.2) is 0 Å². The standard InChI is InChI=1S/C15H21BrFNO/c1-15(2,3)18-7-6-13(9-18)19-10-11-8-12(17)4-5-14(11)16/h4-5,8,13H,6-7,9-10H2,1-3H3/t13-/m1/s1. The molecule has 4 heteroatoms. The molecule has 2 nitrogen and oxygen atoms in total. The number of hydrogen-bond donors (Lipinski definition) is 0. The van der Waals surface area contributed by atoms with Gasteiger partial charge in [0.1, 0.15) is 5.82 Å². The SMILES string of the molecule is CC(C)(C)N1CC[C@@H](OCc2cc(F)ccc2Br)C1. The van der Waals surface area contributed by atoms with Crippen molar-refractivity contribution >= 4 is 15.9 Å². The maximum absolute atomic E-state index is 13.2. The molecule has 1 saturated heterocycles. The van der Waals surface area contributed by atoms with E-state index in [2.05, 4.69) is 41.6 Å². The van der Waals surface area contributed by atoms with Gasteiger partial charge in [0.05, 0.1) is 12.7 Å². The van der Waals surface area contributed by atoms with Crippen molar-refractivity contribution in [2.24, 2.45) is 0 Å². The third kappa shape index (κ3) is 4.01. The first-order valence-corrected chi connectivity index (χ1v) is 7.46. The summed E-state index contributed by atoms with van der Waals surface area (Å²) in [7, 11) is 0. The van der Waals surface area contributed by atoms with Crippen molar-refractivity contribution in [3.63, 3.8) is 0 Å². The monoisotopic (exact) mass is 329 g/mol. The second-order valence-corrected chi connectivity index (χ2v) is 6.93. The number of likely N-dealkylation sites (tertiary alicyclic amines) is 1. The van der Waals surface area contributed by atoms with Gasteiger partial charge in [-0.15, -0.1) is 0 Å². The first-order chi connectivity index (χ1) is 8.86. The number of nitrogens with zero attached hydrogens (tertiary/aromatic N) is 1. The average Bonchev–Trinajstić information content (AvgIpc) is 2.79. The summed E-state index contributed by atoms with van der Waals surface area (Å²) in [6, 6.07) is 4.70. The molecule has 1 aliphatic heterocycles. The summed E-state index contributed by atoms with van der Waals surface area (Å²) in [5, 5.41) is 0. The van der Waals surface area contributed by atoms with E-state index >= 15 is 0 Å². The number of halogens is 2. The quantitative estimate of drug-likeness (QED) is 0.831. The lowest BCUT2D eigenvalue weighted by Gasteiger charge is -2.31. The number of ether oxygens (including phenoxy) is 1. The van der Waals surface area contributed by atoms with Crippen LogP contribution in [0.3, 0.4) is 0 Å². The van der Waals surface area contributed by atoms with Gasteiger partial charge in [-0.05, 0) is 51.0 Å². The van der Waals surface area contributed by atoms with E-state index in [1.807, 2.05) is 0 Å². The molecule has 0 aliphatic carbocycles. The number of rotatable bonds is 3. The molecular formula is C15H21BrFNO. The Morgan fingerprint density at radius 1 is 1.42 bits per heavy atom. The van der Waals surface area contributed by atoms with E-state index in [9.17, 15) is 4.39 Å². The molecule has 0 spiro atoms. The fourth-order valence-electron chi connectivity index (χ4n) is 2.34. The maximum Gasteiger partial charge on any atom is 0.123 e. The predicted octanol–water partition coefficient (Wildman–Crippen LogP) is 3.98. The zero-order chi connectivity index (χ0) is 14.0. The summed E-state index contributed by atoms with van der Waals surface area (Å²) in [5.41, 5.74) is 1.06. The molecule has 0 amide bonds. The van der Waals surface area contributed by atoms with Crippen LogP contribution in [0.5, 0.6) is 0 Å². The van der Waals surface area contributed by atoms with E-state index in [0.29, 0.717) is 6.61 Å². The van der Waals surface area contributed by atoms with E-state index < -0.39 is 0 Å². The third-order valence-corrected chi connectivity index (χ3v) is 4.35. The lowest BCUT2D eigenvalue weighted by atomic mass is 10.1. The van der Waals surface area contributed by atoms with Gasteiger partial charge in [-0.2, -0.15) is 0 Å². The first-order valence-electron chi connectivity index (χ1n) is 6.67. The fourth-order valence-corrected chi connectivity index (χ4v) is 2.70. The minimum absolute atomic E-state index is 0.192. The smallest absolute Gasteiger partial charge is 0.123 e. The second-order valence-electron chi connectivity index (χ2n) is 6.07.